The Morgan fingerprint density at radius 2 is 1.79 bits per heavy atom. The highest BCUT2D eigenvalue weighted by molar-refractivity contribution is 6.03. The standard InChI is InChI=1S/C26H26N2O5/c1-31-28-25(21-5-3-2-4-6-21)18-33-23-11-7-19(8-12-23)17-32-24-13-9-20(10-14-24)22(16-27)15-26(29)30/h3,5-14,22H,2,4,15,17-18H2,1H3,(H,29,30)/b28-25+. The zero-order valence-corrected chi connectivity index (χ0v) is 18.4. The molecule has 0 saturated carbocycles. The fourth-order valence-electron chi connectivity index (χ4n) is 3.31. The molecule has 0 aliphatic heterocycles. The van der Waals surface area contributed by atoms with E-state index in [1.54, 1.807) is 24.3 Å². The van der Waals surface area contributed by atoms with E-state index >= 15 is 0 Å². The number of nitriles is 1. The summed E-state index contributed by atoms with van der Waals surface area (Å²) in [5, 5.41) is 22.1. The molecule has 0 radical (unpaired) electrons. The molecule has 1 N–H and O–H groups in total. The lowest BCUT2D eigenvalue weighted by Gasteiger charge is -2.12. The minimum absolute atomic E-state index is 0.224. The van der Waals surface area contributed by atoms with Gasteiger partial charge in [0.15, 0.2) is 0 Å². The Morgan fingerprint density at radius 3 is 2.39 bits per heavy atom. The zero-order chi connectivity index (χ0) is 23.5. The second-order valence-corrected chi connectivity index (χ2v) is 7.43. The molecule has 0 spiro atoms. The summed E-state index contributed by atoms with van der Waals surface area (Å²) < 4.78 is 11.7. The fraction of sp³-hybridized carbons (Fsp3) is 0.269. The molecule has 1 aliphatic rings. The predicted octanol–water partition coefficient (Wildman–Crippen LogP) is 5.01. The van der Waals surface area contributed by atoms with Crippen LogP contribution in [-0.2, 0) is 16.2 Å². The van der Waals surface area contributed by atoms with Crippen molar-refractivity contribution < 1.29 is 24.2 Å². The number of aliphatic carboxylic acids is 1. The van der Waals surface area contributed by atoms with Crippen molar-refractivity contribution in [2.75, 3.05) is 13.7 Å². The number of ether oxygens (including phenoxy) is 2. The van der Waals surface area contributed by atoms with Crippen molar-refractivity contribution in [1.82, 2.24) is 0 Å². The van der Waals surface area contributed by atoms with Crippen LogP contribution in [0, 0.1) is 11.3 Å². The molecule has 3 rings (SSSR count). The van der Waals surface area contributed by atoms with Gasteiger partial charge in [0, 0.05) is 0 Å². The van der Waals surface area contributed by atoms with Gasteiger partial charge < -0.3 is 19.4 Å². The maximum atomic E-state index is 10.9. The molecule has 2 aromatic rings. The van der Waals surface area contributed by atoms with Crippen LogP contribution in [0.2, 0.25) is 0 Å². The van der Waals surface area contributed by atoms with Crippen LogP contribution in [0.4, 0.5) is 0 Å². The molecule has 170 valence electrons. The second-order valence-electron chi connectivity index (χ2n) is 7.43. The average molecular weight is 447 g/mol. The molecule has 1 unspecified atom stereocenters. The molecule has 2 aromatic carbocycles. The third-order valence-electron chi connectivity index (χ3n) is 5.05. The number of nitrogens with zero attached hydrogens (tertiary/aromatic N) is 2. The monoisotopic (exact) mass is 446 g/mol. The summed E-state index contributed by atoms with van der Waals surface area (Å²) in [7, 11) is 1.52. The molecule has 7 nitrogen and oxygen atoms in total. The predicted molar refractivity (Wildman–Crippen MR) is 124 cm³/mol. The highest BCUT2D eigenvalue weighted by Gasteiger charge is 2.15. The van der Waals surface area contributed by atoms with Crippen LogP contribution < -0.4 is 9.47 Å². The van der Waals surface area contributed by atoms with Crippen LogP contribution >= 0.6 is 0 Å². The fourth-order valence-corrected chi connectivity index (χ4v) is 3.31. The van der Waals surface area contributed by atoms with Gasteiger partial charge in [0.2, 0.25) is 0 Å². The summed E-state index contributed by atoms with van der Waals surface area (Å²) in [5.41, 5.74) is 3.38. The second kappa shape index (κ2) is 12.1. The van der Waals surface area contributed by atoms with Crippen LogP contribution in [0.3, 0.4) is 0 Å². The molecule has 0 bridgehead atoms. The van der Waals surface area contributed by atoms with Gasteiger partial charge >= 0.3 is 5.97 Å². The number of hydrogen-bond donors (Lipinski definition) is 1. The van der Waals surface area contributed by atoms with Crippen molar-refractivity contribution in [3.8, 4) is 17.6 Å². The number of carboxylic acids is 1. The molecule has 0 amide bonds. The van der Waals surface area contributed by atoms with E-state index < -0.39 is 11.9 Å². The van der Waals surface area contributed by atoms with Gasteiger partial charge in [-0.25, -0.2) is 0 Å². The van der Waals surface area contributed by atoms with E-state index in [-0.39, 0.29) is 6.42 Å². The first-order valence-corrected chi connectivity index (χ1v) is 10.6. The summed E-state index contributed by atoms with van der Waals surface area (Å²) in [6.07, 6.45) is 8.06. The topological polar surface area (TPSA) is 101 Å². The minimum atomic E-state index is -1.00. The Morgan fingerprint density at radius 1 is 1.09 bits per heavy atom. The highest BCUT2D eigenvalue weighted by atomic mass is 16.6. The largest absolute Gasteiger partial charge is 0.489 e. The Bertz CT molecular complexity index is 1060. The summed E-state index contributed by atoms with van der Waals surface area (Å²) in [6, 6.07) is 16.5. The molecule has 7 heteroatoms. The number of rotatable bonds is 11. The SMILES string of the molecule is CO/N=C(\COc1ccc(COc2ccc(C(C#N)CC(=O)O)cc2)cc1)C1=CCCC=C1. The Hall–Kier alpha value is -4.05. The lowest BCUT2D eigenvalue weighted by atomic mass is 9.97. The highest BCUT2D eigenvalue weighted by Crippen LogP contribution is 2.23. The van der Waals surface area contributed by atoms with Gasteiger partial charge in [-0.1, -0.05) is 47.6 Å². The van der Waals surface area contributed by atoms with Crippen molar-refractivity contribution in [3.05, 3.63) is 83.5 Å². The van der Waals surface area contributed by atoms with E-state index in [0.29, 0.717) is 30.3 Å². The molecule has 0 heterocycles. The third-order valence-corrected chi connectivity index (χ3v) is 5.05. The van der Waals surface area contributed by atoms with Gasteiger partial charge in [0.05, 0.1) is 18.4 Å². The number of benzene rings is 2. The van der Waals surface area contributed by atoms with Crippen molar-refractivity contribution >= 4 is 11.7 Å². The molecule has 1 aliphatic carbocycles. The Labute approximate surface area is 193 Å². The number of allylic oxidation sites excluding steroid dienone is 3. The third kappa shape index (κ3) is 7.25. The lowest BCUT2D eigenvalue weighted by molar-refractivity contribution is -0.137. The molecule has 33 heavy (non-hydrogen) atoms. The number of oxime groups is 1. The smallest absolute Gasteiger partial charge is 0.305 e. The van der Waals surface area contributed by atoms with Crippen LogP contribution in [0.25, 0.3) is 0 Å². The van der Waals surface area contributed by atoms with Gasteiger partial charge in [0.25, 0.3) is 0 Å². The van der Waals surface area contributed by atoms with E-state index in [1.165, 1.54) is 7.11 Å². The van der Waals surface area contributed by atoms with Crippen LogP contribution in [0.1, 0.15) is 36.3 Å². The van der Waals surface area contributed by atoms with Crippen LogP contribution in [0.5, 0.6) is 11.5 Å². The molecule has 1 atom stereocenters. The summed E-state index contributed by atoms with van der Waals surface area (Å²) in [5.74, 6) is -0.322. The van der Waals surface area contributed by atoms with Crippen molar-refractivity contribution in [3.63, 3.8) is 0 Å². The molecular weight excluding hydrogens is 420 g/mol. The van der Waals surface area contributed by atoms with E-state index in [9.17, 15) is 4.79 Å². The van der Waals surface area contributed by atoms with E-state index in [4.69, 9.17) is 24.7 Å². The normalized spacial score (nSPS) is 14.1. The average Bonchev–Trinajstić information content (AvgIpc) is 2.85. The Balaban J connectivity index is 1.52. The lowest BCUT2D eigenvalue weighted by Crippen LogP contribution is -2.14. The maximum Gasteiger partial charge on any atom is 0.305 e. The van der Waals surface area contributed by atoms with E-state index in [1.807, 2.05) is 36.4 Å². The van der Waals surface area contributed by atoms with Crippen LogP contribution in [0.15, 0.2) is 77.5 Å². The van der Waals surface area contributed by atoms with Gasteiger partial charge in [-0.2, -0.15) is 5.26 Å². The van der Waals surface area contributed by atoms with E-state index in [2.05, 4.69) is 17.3 Å². The summed E-state index contributed by atoms with van der Waals surface area (Å²) in [4.78, 5) is 15.8. The van der Waals surface area contributed by atoms with Gasteiger partial charge in [-0.05, 0) is 53.8 Å². The first-order valence-electron chi connectivity index (χ1n) is 10.6. The minimum Gasteiger partial charge on any atom is -0.489 e. The van der Waals surface area contributed by atoms with Crippen molar-refractivity contribution in [1.29, 1.82) is 5.26 Å². The number of carboxylic acid groups (broad SMARTS) is 1. The van der Waals surface area contributed by atoms with Gasteiger partial charge in [-0.3, -0.25) is 4.79 Å². The molecule has 0 aromatic heterocycles. The quantitative estimate of drug-likeness (QED) is 0.385. The van der Waals surface area contributed by atoms with Crippen molar-refractivity contribution in [2.45, 2.75) is 31.8 Å². The molecule has 0 saturated heterocycles. The summed E-state index contributed by atoms with van der Waals surface area (Å²) >= 11 is 0. The number of hydrogen-bond acceptors (Lipinski definition) is 6. The first-order chi connectivity index (χ1) is 16.1. The zero-order valence-electron chi connectivity index (χ0n) is 18.4. The van der Waals surface area contributed by atoms with E-state index in [0.717, 1.165) is 29.7 Å². The summed E-state index contributed by atoms with van der Waals surface area (Å²) in [6.45, 7) is 0.669. The van der Waals surface area contributed by atoms with Crippen LogP contribution in [-0.4, -0.2) is 30.5 Å². The van der Waals surface area contributed by atoms with Gasteiger partial charge in [0.1, 0.15) is 37.5 Å². The first kappa shape index (κ1) is 23.6. The van der Waals surface area contributed by atoms with Gasteiger partial charge in [-0.15, -0.1) is 0 Å². The Kier molecular flexibility index (Phi) is 8.66. The van der Waals surface area contributed by atoms with Crippen molar-refractivity contribution in [2.24, 2.45) is 5.16 Å². The molecule has 0 fully saturated rings. The molecular formula is C26H26N2O5. The maximum absolute atomic E-state index is 10.9. The number of carbonyl (C=O) groups is 1.